The monoisotopic (exact) mass is 294 g/mol. The number of aryl methyl sites for hydroxylation is 1. The van der Waals surface area contributed by atoms with Gasteiger partial charge in [0, 0.05) is 0 Å². The SMILES string of the molecule is Cc1cc(NC(=O)C23CC4CC(CC(F)(C4)C2)C3)sn1. The summed E-state index contributed by atoms with van der Waals surface area (Å²) in [7, 11) is 0. The summed E-state index contributed by atoms with van der Waals surface area (Å²) < 4.78 is 19.0. The minimum atomic E-state index is -1.08. The lowest BCUT2D eigenvalue weighted by Crippen LogP contribution is -2.57. The fourth-order valence-corrected chi connectivity index (χ4v) is 5.74. The molecule has 0 aliphatic heterocycles. The molecule has 1 amide bonds. The summed E-state index contributed by atoms with van der Waals surface area (Å²) in [6.07, 6.45) is 4.66. The Labute approximate surface area is 122 Å². The summed E-state index contributed by atoms with van der Waals surface area (Å²) in [5.74, 6) is 0.850. The van der Waals surface area contributed by atoms with Crippen LogP contribution in [0.25, 0.3) is 0 Å². The van der Waals surface area contributed by atoms with Crippen LogP contribution in [0.5, 0.6) is 0 Å². The van der Waals surface area contributed by atoms with E-state index >= 15 is 0 Å². The molecule has 0 radical (unpaired) electrons. The van der Waals surface area contributed by atoms with Crippen LogP contribution in [0.15, 0.2) is 6.07 Å². The van der Waals surface area contributed by atoms with E-state index in [4.69, 9.17) is 0 Å². The maximum absolute atomic E-state index is 14.8. The van der Waals surface area contributed by atoms with Crippen molar-refractivity contribution in [3.8, 4) is 0 Å². The lowest BCUT2D eigenvalue weighted by atomic mass is 9.48. The highest BCUT2D eigenvalue weighted by molar-refractivity contribution is 7.10. The molecule has 1 N–H and O–H groups in total. The molecule has 3 nitrogen and oxygen atoms in total. The maximum atomic E-state index is 14.8. The van der Waals surface area contributed by atoms with Crippen molar-refractivity contribution in [3.05, 3.63) is 11.8 Å². The summed E-state index contributed by atoms with van der Waals surface area (Å²) in [6, 6.07) is 1.88. The second kappa shape index (κ2) is 4.03. The zero-order valence-corrected chi connectivity index (χ0v) is 12.4. The Morgan fingerprint density at radius 3 is 2.65 bits per heavy atom. The van der Waals surface area contributed by atoms with Crippen molar-refractivity contribution < 1.29 is 9.18 Å². The highest BCUT2D eigenvalue weighted by Gasteiger charge is 2.61. The van der Waals surface area contributed by atoms with Crippen LogP contribution in [0.1, 0.15) is 44.2 Å². The van der Waals surface area contributed by atoms with E-state index < -0.39 is 11.1 Å². The summed E-state index contributed by atoms with van der Waals surface area (Å²) in [6.45, 7) is 1.91. The zero-order valence-electron chi connectivity index (χ0n) is 11.6. The third-order valence-electron chi connectivity index (χ3n) is 5.34. The summed E-state index contributed by atoms with van der Waals surface area (Å²) >= 11 is 1.31. The smallest absolute Gasteiger partial charge is 0.231 e. The number of nitrogens with one attached hydrogen (secondary N) is 1. The van der Waals surface area contributed by atoms with E-state index in [1.165, 1.54) is 11.5 Å². The molecule has 5 rings (SSSR count). The molecular formula is C15H19FN2OS. The standard InChI is InChI=1S/C15H19FN2OS/c1-9-2-12(20-18-9)17-13(19)14-4-10-3-11(5-14)7-15(16,6-10)8-14/h2,10-11H,3-8H2,1H3,(H,17,19). The van der Waals surface area contributed by atoms with Gasteiger partial charge < -0.3 is 5.32 Å². The first-order valence-electron chi connectivity index (χ1n) is 7.40. The third kappa shape index (κ3) is 1.90. The van der Waals surface area contributed by atoms with E-state index in [0.717, 1.165) is 30.0 Å². The maximum Gasteiger partial charge on any atom is 0.231 e. The molecule has 4 bridgehead atoms. The number of rotatable bonds is 2. The van der Waals surface area contributed by atoms with Gasteiger partial charge in [-0.3, -0.25) is 4.79 Å². The molecule has 0 aromatic carbocycles. The van der Waals surface area contributed by atoms with Gasteiger partial charge in [-0.25, -0.2) is 4.39 Å². The Balaban J connectivity index is 1.59. The lowest BCUT2D eigenvalue weighted by molar-refractivity contribution is -0.155. The number of anilines is 1. The van der Waals surface area contributed by atoms with E-state index in [1.807, 2.05) is 13.0 Å². The predicted molar refractivity (Wildman–Crippen MR) is 76.4 cm³/mol. The van der Waals surface area contributed by atoms with Crippen LogP contribution in [-0.4, -0.2) is 15.9 Å². The number of nitrogens with zero attached hydrogens (tertiary/aromatic N) is 1. The average Bonchev–Trinajstić information content (AvgIpc) is 2.71. The van der Waals surface area contributed by atoms with E-state index in [2.05, 4.69) is 9.69 Å². The molecule has 4 saturated carbocycles. The number of carbonyl (C=O) groups excluding carboxylic acids is 1. The van der Waals surface area contributed by atoms with Crippen LogP contribution < -0.4 is 5.32 Å². The van der Waals surface area contributed by atoms with Gasteiger partial charge in [-0.1, -0.05) is 0 Å². The Kier molecular flexibility index (Phi) is 2.57. The Bertz CT molecular complexity index is 556. The highest BCUT2D eigenvalue weighted by atomic mass is 32.1. The summed E-state index contributed by atoms with van der Waals surface area (Å²) in [5.41, 5.74) is -0.625. The number of hydrogen-bond acceptors (Lipinski definition) is 3. The molecule has 4 aliphatic carbocycles. The largest absolute Gasteiger partial charge is 0.316 e. The number of halogens is 1. The predicted octanol–water partition coefficient (Wildman–Crippen LogP) is 3.70. The third-order valence-corrected chi connectivity index (χ3v) is 6.13. The molecular weight excluding hydrogens is 275 g/mol. The highest BCUT2D eigenvalue weighted by Crippen LogP contribution is 2.63. The fourth-order valence-electron chi connectivity index (χ4n) is 5.08. The number of amides is 1. The Hall–Kier alpha value is -0.970. The van der Waals surface area contributed by atoms with Crippen LogP contribution in [0, 0.1) is 24.2 Å². The van der Waals surface area contributed by atoms with Gasteiger partial charge in [-0.15, -0.1) is 0 Å². The molecule has 4 fully saturated rings. The molecule has 4 aliphatic rings. The van der Waals surface area contributed by atoms with Gasteiger partial charge in [-0.05, 0) is 74.9 Å². The number of carbonyl (C=O) groups is 1. The average molecular weight is 294 g/mol. The molecule has 20 heavy (non-hydrogen) atoms. The lowest BCUT2D eigenvalue weighted by Gasteiger charge is -2.58. The molecule has 5 heteroatoms. The molecule has 0 spiro atoms. The van der Waals surface area contributed by atoms with Crippen LogP contribution in [-0.2, 0) is 4.79 Å². The van der Waals surface area contributed by atoms with Gasteiger partial charge >= 0.3 is 0 Å². The zero-order chi connectivity index (χ0) is 14.0. The molecule has 108 valence electrons. The van der Waals surface area contributed by atoms with Crippen molar-refractivity contribution in [3.63, 3.8) is 0 Å². The molecule has 1 heterocycles. The fraction of sp³-hybridized carbons (Fsp3) is 0.733. The first kappa shape index (κ1) is 12.7. The van der Waals surface area contributed by atoms with E-state index in [1.54, 1.807) is 0 Å². The Morgan fingerprint density at radius 2 is 2.10 bits per heavy atom. The normalized spacial score (nSPS) is 41.9. The quantitative estimate of drug-likeness (QED) is 0.903. The van der Waals surface area contributed by atoms with Crippen LogP contribution >= 0.6 is 11.5 Å². The number of hydrogen-bond donors (Lipinski definition) is 1. The van der Waals surface area contributed by atoms with Crippen molar-refractivity contribution >= 4 is 22.4 Å². The van der Waals surface area contributed by atoms with Crippen LogP contribution in [0.3, 0.4) is 0 Å². The van der Waals surface area contributed by atoms with Crippen molar-refractivity contribution in [2.45, 2.75) is 51.1 Å². The minimum Gasteiger partial charge on any atom is -0.316 e. The van der Waals surface area contributed by atoms with Crippen molar-refractivity contribution in [2.24, 2.45) is 17.3 Å². The van der Waals surface area contributed by atoms with E-state index in [9.17, 15) is 9.18 Å². The van der Waals surface area contributed by atoms with Crippen molar-refractivity contribution in [2.75, 3.05) is 5.32 Å². The molecule has 0 saturated heterocycles. The van der Waals surface area contributed by atoms with E-state index in [0.29, 0.717) is 31.1 Å². The van der Waals surface area contributed by atoms with Crippen LogP contribution in [0.4, 0.5) is 9.39 Å². The summed E-state index contributed by atoms with van der Waals surface area (Å²) in [5, 5.41) is 3.78. The number of aromatic nitrogens is 1. The van der Waals surface area contributed by atoms with Gasteiger partial charge in [0.15, 0.2) is 0 Å². The number of alkyl halides is 1. The topological polar surface area (TPSA) is 42.0 Å². The first-order valence-corrected chi connectivity index (χ1v) is 8.17. The van der Waals surface area contributed by atoms with Crippen molar-refractivity contribution in [1.29, 1.82) is 0 Å². The van der Waals surface area contributed by atoms with Gasteiger partial charge in [0.2, 0.25) is 5.91 Å². The molecule has 1 aromatic rings. The molecule has 1 aromatic heterocycles. The van der Waals surface area contributed by atoms with Crippen molar-refractivity contribution in [1.82, 2.24) is 4.37 Å². The molecule has 2 unspecified atom stereocenters. The summed E-state index contributed by atoms with van der Waals surface area (Å²) in [4.78, 5) is 12.7. The second-order valence-corrected chi connectivity index (χ2v) is 7.98. The first-order chi connectivity index (χ1) is 9.46. The van der Waals surface area contributed by atoms with E-state index in [-0.39, 0.29) is 5.91 Å². The van der Waals surface area contributed by atoms with Gasteiger partial charge in [0.25, 0.3) is 0 Å². The molecule has 2 atom stereocenters. The second-order valence-electron chi connectivity index (χ2n) is 7.18. The van der Waals surface area contributed by atoms with Gasteiger partial charge in [-0.2, -0.15) is 4.37 Å². The minimum absolute atomic E-state index is 0.0253. The Morgan fingerprint density at radius 1 is 1.40 bits per heavy atom. The van der Waals surface area contributed by atoms with Gasteiger partial charge in [0.05, 0.1) is 11.1 Å². The van der Waals surface area contributed by atoms with Gasteiger partial charge in [0.1, 0.15) is 10.7 Å². The van der Waals surface area contributed by atoms with Crippen LogP contribution in [0.2, 0.25) is 0 Å².